The fourth-order valence-electron chi connectivity index (χ4n) is 1.53. The molecule has 0 saturated carbocycles. The van der Waals surface area contributed by atoms with Gasteiger partial charge in [-0.1, -0.05) is 15.9 Å². The predicted molar refractivity (Wildman–Crippen MR) is 73.3 cm³/mol. The Bertz CT molecular complexity index is 656. The van der Waals surface area contributed by atoms with Crippen molar-refractivity contribution in [3.8, 4) is 5.75 Å². The molecule has 2 N–H and O–H groups in total. The van der Waals surface area contributed by atoms with Crippen molar-refractivity contribution >= 4 is 26.0 Å². The van der Waals surface area contributed by atoms with Crippen molar-refractivity contribution in [1.82, 2.24) is 14.7 Å². The second-order valence-electron chi connectivity index (χ2n) is 3.70. The molecular weight excluding hydrogens is 334 g/mol. The molecule has 2 aromatic rings. The first-order valence-electron chi connectivity index (χ1n) is 5.33. The number of hydrogen-bond donors (Lipinski definition) is 2. The summed E-state index contributed by atoms with van der Waals surface area (Å²) in [5.41, 5.74) is 0.736. The van der Waals surface area contributed by atoms with Crippen LogP contribution in [0.15, 0.2) is 40.2 Å². The fraction of sp³-hybridized carbons (Fsp3) is 0.182. The van der Waals surface area contributed by atoms with E-state index in [-0.39, 0.29) is 11.6 Å². The molecule has 0 aliphatic heterocycles. The first-order valence-corrected chi connectivity index (χ1v) is 7.61. The first-order chi connectivity index (χ1) is 9.03. The molecule has 6 nitrogen and oxygen atoms in total. The van der Waals surface area contributed by atoms with Crippen molar-refractivity contribution in [2.24, 2.45) is 0 Å². The Morgan fingerprint density at radius 2 is 2.26 bits per heavy atom. The van der Waals surface area contributed by atoms with Gasteiger partial charge >= 0.3 is 0 Å². The quantitative estimate of drug-likeness (QED) is 0.862. The van der Waals surface area contributed by atoms with E-state index in [0.717, 1.165) is 10.0 Å². The Morgan fingerprint density at radius 1 is 1.47 bits per heavy atom. The highest BCUT2D eigenvalue weighted by atomic mass is 79.9. The molecule has 0 spiro atoms. The van der Waals surface area contributed by atoms with Gasteiger partial charge in [-0.3, -0.25) is 0 Å². The number of aromatic amines is 1. The smallest absolute Gasteiger partial charge is 0.257 e. The van der Waals surface area contributed by atoms with E-state index in [2.05, 4.69) is 30.6 Å². The lowest BCUT2D eigenvalue weighted by atomic mass is 10.2. The lowest BCUT2D eigenvalue weighted by molar-refractivity contribution is 0.409. The molecule has 0 amide bonds. The summed E-state index contributed by atoms with van der Waals surface area (Å²) in [6.07, 6.45) is 2.56. The van der Waals surface area contributed by atoms with Gasteiger partial charge in [0.1, 0.15) is 5.75 Å². The summed E-state index contributed by atoms with van der Waals surface area (Å²) in [7, 11) is -2.05. The number of ether oxygens (including phenoxy) is 1. The van der Waals surface area contributed by atoms with Crippen LogP contribution < -0.4 is 9.46 Å². The second kappa shape index (κ2) is 5.72. The predicted octanol–water partition coefficient (Wildman–Crippen LogP) is 1.66. The summed E-state index contributed by atoms with van der Waals surface area (Å²) in [6.45, 7) is 0.129. The standard InChI is InChI=1S/C11H12BrN3O3S/c1-18-10-3-2-9(12)4-8(10)5-15-19(16,17)11-6-13-7-14-11/h2-4,6-7,15H,5H2,1H3,(H,13,14). The van der Waals surface area contributed by atoms with Gasteiger partial charge in [-0.15, -0.1) is 0 Å². The summed E-state index contributed by atoms with van der Waals surface area (Å²) in [6, 6.07) is 5.39. The molecule has 0 aliphatic rings. The number of benzene rings is 1. The molecule has 1 aromatic carbocycles. The molecule has 0 aliphatic carbocycles. The zero-order valence-corrected chi connectivity index (χ0v) is 12.5. The van der Waals surface area contributed by atoms with E-state index < -0.39 is 10.0 Å². The minimum Gasteiger partial charge on any atom is -0.496 e. The van der Waals surface area contributed by atoms with Crippen LogP contribution in [0.4, 0.5) is 0 Å². The Labute approximate surface area is 119 Å². The van der Waals surface area contributed by atoms with Gasteiger partial charge in [0.05, 0.1) is 19.6 Å². The molecule has 102 valence electrons. The van der Waals surface area contributed by atoms with Gasteiger partial charge in [0.25, 0.3) is 10.0 Å². The van der Waals surface area contributed by atoms with Gasteiger partial charge < -0.3 is 9.72 Å². The van der Waals surface area contributed by atoms with Crippen LogP contribution in [0, 0.1) is 0 Å². The molecule has 0 radical (unpaired) electrons. The topological polar surface area (TPSA) is 84.1 Å². The lowest BCUT2D eigenvalue weighted by Gasteiger charge is -2.10. The summed E-state index contributed by atoms with van der Waals surface area (Å²) in [5, 5.41) is 0.0291. The molecule has 1 heterocycles. The number of methoxy groups -OCH3 is 1. The fourth-order valence-corrected chi connectivity index (χ4v) is 2.84. The highest BCUT2D eigenvalue weighted by Crippen LogP contribution is 2.23. The maximum absolute atomic E-state index is 11.9. The normalized spacial score (nSPS) is 11.5. The van der Waals surface area contributed by atoms with Crippen molar-refractivity contribution in [3.05, 3.63) is 40.8 Å². The van der Waals surface area contributed by atoms with Crippen molar-refractivity contribution in [1.29, 1.82) is 0 Å². The second-order valence-corrected chi connectivity index (χ2v) is 6.35. The summed E-state index contributed by atoms with van der Waals surface area (Å²) >= 11 is 3.34. The van der Waals surface area contributed by atoms with Crippen molar-refractivity contribution in [2.75, 3.05) is 7.11 Å². The number of rotatable bonds is 5. The highest BCUT2D eigenvalue weighted by Gasteiger charge is 2.16. The number of imidazole rings is 1. The Morgan fingerprint density at radius 3 is 2.89 bits per heavy atom. The maximum Gasteiger partial charge on any atom is 0.257 e. The van der Waals surface area contributed by atoms with E-state index >= 15 is 0 Å². The zero-order chi connectivity index (χ0) is 13.9. The Balaban J connectivity index is 2.17. The van der Waals surface area contributed by atoms with Crippen LogP contribution in [0.1, 0.15) is 5.56 Å². The minimum absolute atomic E-state index is 0.0291. The number of sulfonamides is 1. The molecule has 0 fully saturated rings. The third-order valence-corrected chi connectivity index (χ3v) is 4.28. The van der Waals surface area contributed by atoms with Gasteiger partial charge in [-0.25, -0.2) is 18.1 Å². The van der Waals surface area contributed by atoms with Gasteiger partial charge in [0.2, 0.25) is 0 Å². The number of nitrogens with zero attached hydrogens (tertiary/aromatic N) is 1. The third kappa shape index (κ3) is 3.34. The van der Waals surface area contributed by atoms with E-state index in [9.17, 15) is 8.42 Å². The Kier molecular flexibility index (Phi) is 4.23. The van der Waals surface area contributed by atoms with E-state index in [0.29, 0.717) is 5.75 Å². The molecule has 2 rings (SSSR count). The average molecular weight is 346 g/mol. The van der Waals surface area contributed by atoms with Gasteiger partial charge in [0.15, 0.2) is 5.03 Å². The van der Waals surface area contributed by atoms with Crippen LogP contribution >= 0.6 is 15.9 Å². The van der Waals surface area contributed by atoms with E-state index in [4.69, 9.17) is 4.74 Å². The van der Waals surface area contributed by atoms with Crippen molar-refractivity contribution in [3.63, 3.8) is 0 Å². The van der Waals surface area contributed by atoms with Gasteiger partial charge in [0, 0.05) is 16.6 Å². The van der Waals surface area contributed by atoms with Crippen LogP contribution in [0.5, 0.6) is 5.75 Å². The summed E-state index contributed by atoms with van der Waals surface area (Å²) in [4.78, 5) is 6.24. The Hall–Kier alpha value is -1.38. The molecule has 0 unspecified atom stereocenters. The van der Waals surface area contributed by atoms with Crippen molar-refractivity contribution in [2.45, 2.75) is 11.6 Å². The molecule has 1 aromatic heterocycles. The largest absolute Gasteiger partial charge is 0.496 e. The number of hydrogen-bond acceptors (Lipinski definition) is 4. The molecular formula is C11H12BrN3O3S. The molecule has 0 bridgehead atoms. The SMILES string of the molecule is COc1ccc(Br)cc1CNS(=O)(=O)c1cnc[nH]1. The summed E-state index contributed by atoms with van der Waals surface area (Å²) < 4.78 is 32.3. The van der Waals surface area contributed by atoms with Crippen LogP contribution in [0.3, 0.4) is 0 Å². The number of halogens is 1. The minimum atomic E-state index is -3.59. The van der Waals surface area contributed by atoms with Crippen molar-refractivity contribution < 1.29 is 13.2 Å². The molecule has 19 heavy (non-hydrogen) atoms. The average Bonchev–Trinajstić information content (AvgIpc) is 2.91. The maximum atomic E-state index is 11.9. The lowest BCUT2D eigenvalue weighted by Crippen LogP contribution is -2.23. The number of aromatic nitrogens is 2. The van der Waals surface area contributed by atoms with E-state index in [1.54, 1.807) is 12.1 Å². The number of nitrogens with one attached hydrogen (secondary N) is 2. The van der Waals surface area contributed by atoms with Crippen LogP contribution in [0.25, 0.3) is 0 Å². The van der Waals surface area contributed by atoms with E-state index in [1.807, 2.05) is 6.07 Å². The van der Waals surface area contributed by atoms with E-state index in [1.165, 1.54) is 19.6 Å². The van der Waals surface area contributed by atoms with Gasteiger partial charge in [-0.2, -0.15) is 0 Å². The molecule has 8 heteroatoms. The van der Waals surface area contributed by atoms with Crippen LogP contribution in [-0.2, 0) is 16.6 Å². The first kappa shape index (κ1) is 14.0. The highest BCUT2D eigenvalue weighted by molar-refractivity contribution is 9.10. The monoisotopic (exact) mass is 345 g/mol. The molecule has 0 saturated heterocycles. The molecule has 0 atom stereocenters. The van der Waals surface area contributed by atoms with Crippen LogP contribution in [0.2, 0.25) is 0 Å². The van der Waals surface area contributed by atoms with Crippen LogP contribution in [-0.4, -0.2) is 25.5 Å². The zero-order valence-electron chi connectivity index (χ0n) is 10.1. The van der Waals surface area contributed by atoms with Gasteiger partial charge in [-0.05, 0) is 18.2 Å². The summed E-state index contributed by atoms with van der Waals surface area (Å²) in [5.74, 6) is 0.621. The third-order valence-electron chi connectivity index (χ3n) is 2.46. The number of H-pyrrole nitrogens is 1.